The van der Waals surface area contributed by atoms with Crippen LogP contribution in [0.4, 0.5) is 0 Å². The van der Waals surface area contributed by atoms with E-state index in [-0.39, 0.29) is 0 Å². The number of aryl methyl sites for hydroxylation is 2. The van der Waals surface area contributed by atoms with Crippen molar-refractivity contribution in [2.45, 2.75) is 20.3 Å². The number of azide groups is 1. The van der Waals surface area contributed by atoms with Crippen molar-refractivity contribution < 1.29 is 4.52 Å². The second-order valence-electron chi connectivity index (χ2n) is 2.88. The molecule has 1 rings (SSSR count). The fourth-order valence-electron chi connectivity index (χ4n) is 1.11. The molecule has 14 heavy (non-hydrogen) atoms. The van der Waals surface area contributed by atoms with Gasteiger partial charge < -0.3 is 4.52 Å². The third-order valence-corrected chi connectivity index (χ3v) is 1.83. The third kappa shape index (κ3) is 2.64. The monoisotopic (exact) mass is 192 g/mol. The van der Waals surface area contributed by atoms with Crippen molar-refractivity contribution in [1.29, 1.82) is 0 Å². The first-order valence-corrected chi connectivity index (χ1v) is 4.36. The first kappa shape index (κ1) is 10.3. The van der Waals surface area contributed by atoms with E-state index >= 15 is 0 Å². The topological polar surface area (TPSA) is 74.8 Å². The van der Waals surface area contributed by atoms with Crippen LogP contribution in [0.15, 0.2) is 15.7 Å². The van der Waals surface area contributed by atoms with Gasteiger partial charge in [-0.3, -0.25) is 0 Å². The molecule has 74 valence electrons. The maximum atomic E-state index is 8.05. The number of nitrogens with zero attached hydrogens (tertiary/aromatic N) is 4. The maximum absolute atomic E-state index is 8.05. The van der Waals surface area contributed by atoms with Gasteiger partial charge in [-0.05, 0) is 25.8 Å². The molecule has 0 fully saturated rings. The molecule has 0 saturated carbocycles. The van der Waals surface area contributed by atoms with Crippen LogP contribution in [0, 0.1) is 13.8 Å². The van der Waals surface area contributed by atoms with Gasteiger partial charge in [0.05, 0.1) is 5.69 Å². The normalized spacial score (nSPS) is 10.4. The minimum absolute atomic E-state index is 0.483. The molecule has 0 atom stereocenters. The van der Waals surface area contributed by atoms with Crippen molar-refractivity contribution in [2.24, 2.45) is 5.11 Å². The first-order chi connectivity index (χ1) is 6.75. The second-order valence-corrected chi connectivity index (χ2v) is 2.88. The first-order valence-electron chi connectivity index (χ1n) is 4.36. The highest BCUT2D eigenvalue weighted by molar-refractivity contribution is 5.53. The molecule has 5 heteroatoms. The zero-order chi connectivity index (χ0) is 10.4. The highest BCUT2D eigenvalue weighted by Gasteiger charge is 2.03. The van der Waals surface area contributed by atoms with E-state index in [2.05, 4.69) is 15.2 Å². The summed E-state index contributed by atoms with van der Waals surface area (Å²) in [7, 11) is 0. The quantitative estimate of drug-likeness (QED) is 0.318. The molecule has 1 aromatic heterocycles. The van der Waals surface area contributed by atoms with Crippen molar-refractivity contribution in [2.75, 3.05) is 6.54 Å². The molecule has 0 radical (unpaired) electrons. The SMILES string of the molecule is Cc1noc(C)c1C=CCCN=[N+]=[N-]. The molecule has 0 amide bonds. The van der Waals surface area contributed by atoms with E-state index in [4.69, 9.17) is 10.1 Å². The van der Waals surface area contributed by atoms with Gasteiger partial charge in [0, 0.05) is 17.0 Å². The summed E-state index contributed by atoms with van der Waals surface area (Å²) >= 11 is 0. The Hall–Kier alpha value is -1.74. The molecule has 0 aliphatic rings. The van der Waals surface area contributed by atoms with Gasteiger partial charge in [0.15, 0.2) is 0 Å². The van der Waals surface area contributed by atoms with E-state index in [1.54, 1.807) is 0 Å². The Morgan fingerprint density at radius 1 is 1.57 bits per heavy atom. The fraction of sp³-hybridized carbons (Fsp3) is 0.444. The summed E-state index contributed by atoms with van der Waals surface area (Å²) in [6.45, 7) is 4.24. The van der Waals surface area contributed by atoms with Crippen molar-refractivity contribution >= 4 is 6.08 Å². The van der Waals surface area contributed by atoms with Gasteiger partial charge in [0.2, 0.25) is 0 Å². The van der Waals surface area contributed by atoms with Crippen LogP contribution in [-0.2, 0) is 0 Å². The molecule has 0 saturated heterocycles. The lowest BCUT2D eigenvalue weighted by Crippen LogP contribution is -1.78. The predicted octanol–water partition coefficient (Wildman–Crippen LogP) is 3.01. The van der Waals surface area contributed by atoms with Gasteiger partial charge in [-0.2, -0.15) is 0 Å². The van der Waals surface area contributed by atoms with Crippen molar-refractivity contribution in [1.82, 2.24) is 5.16 Å². The Morgan fingerprint density at radius 3 is 2.93 bits per heavy atom. The summed E-state index contributed by atoms with van der Waals surface area (Å²) in [5.41, 5.74) is 9.93. The predicted molar refractivity (Wildman–Crippen MR) is 53.6 cm³/mol. The molecule has 0 bridgehead atoms. The summed E-state index contributed by atoms with van der Waals surface area (Å²) in [6, 6.07) is 0. The van der Waals surface area contributed by atoms with Crippen LogP contribution in [-0.4, -0.2) is 11.7 Å². The van der Waals surface area contributed by atoms with Gasteiger partial charge >= 0.3 is 0 Å². The van der Waals surface area contributed by atoms with E-state index in [0.717, 1.165) is 23.4 Å². The lowest BCUT2D eigenvalue weighted by molar-refractivity contribution is 0.393. The number of rotatable bonds is 4. The molecule has 0 N–H and O–H groups in total. The number of hydrogen-bond donors (Lipinski definition) is 0. The van der Waals surface area contributed by atoms with Crippen LogP contribution in [0.1, 0.15) is 23.4 Å². The maximum Gasteiger partial charge on any atom is 0.141 e. The molecule has 0 aromatic carbocycles. The van der Waals surface area contributed by atoms with Crippen LogP contribution < -0.4 is 0 Å². The number of hydrogen-bond acceptors (Lipinski definition) is 3. The fourth-order valence-corrected chi connectivity index (χ4v) is 1.11. The van der Waals surface area contributed by atoms with Crippen LogP contribution in [0.25, 0.3) is 16.5 Å². The minimum atomic E-state index is 0.483. The van der Waals surface area contributed by atoms with Gasteiger partial charge in [-0.25, -0.2) is 0 Å². The molecule has 0 aliphatic carbocycles. The molecule has 0 aliphatic heterocycles. The van der Waals surface area contributed by atoms with Gasteiger partial charge in [0.1, 0.15) is 5.76 Å². The van der Waals surface area contributed by atoms with Crippen molar-refractivity contribution in [3.63, 3.8) is 0 Å². The molecule has 1 heterocycles. The zero-order valence-electron chi connectivity index (χ0n) is 8.27. The van der Waals surface area contributed by atoms with E-state index in [9.17, 15) is 0 Å². The van der Waals surface area contributed by atoms with Crippen LogP contribution in [0.3, 0.4) is 0 Å². The molecular formula is C9H12N4O. The number of aromatic nitrogens is 1. The Labute approximate surface area is 82.0 Å². The Kier molecular flexibility index (Phi) is 3.76. The molecule has 1 aromatic rings. The van der Waals surface area contributed by atoms with E-state index in [1.165, 1.54) is 0 Å². The van der Waals surface area contributed by atoms with Crippen LogP contribution >= 0.6 is 0 Å². The minimum Gasteiger partial charge on any atom is -0.361 e. The van der Waals surface area contributed by atoms with Crippen LogP contribution in [0.5, 0.6) is 0 Å². The van der Waals surface area contributed by atoms with Gasteiger partial charge in [-0.15, -0.1) is 0 Å². The average Bonchev–Trinajstić information content (AvgIpc) is 2.48. The Bertz CT molecular complexity index is 355. The Balaban J connectivity index is 2.55. The average molecular weight is 192 g/mol. The van der Waals surface area contributed by atoms with Gasteiger partial charge in [0.25, 0.3) is 0 Å². The highest BCUT2D eigenvalue weighted by Crippen LogP contribution is 2.13. The lowest BCUT2D eigenvalue weighted by atomic mass is 10.2. The van der Waals surface area contributed by atoms with Crippen molar-refractivity contribution in [3.05, 3.63) is 33.5 Å². The highest BCUT2D eigenvalue weighted by atomic mass is 16.5. The summed E-state index contributed by atoms with van der Waals surface area (Å²) in [6.07, 6.45) is 4.61. The zero-order valence-corrected chi connectivity index (χ0v) is 8.27. The largest absolute Gasteiger partial charge is 0.361 e. The van der Waals surface area contributed by atoms with E-state index in [0.29, 0.717) is 6.54 Å². The van der Waals surface area contributed by atoms with E-state index < -0.39 is 0 Å². The van der Waals surface area contributed by atoms with Crippen molar-refractivity contribution in [3.8, 4) is 0 Å². The summed E-state index contributed by atoms with van der Waals surface area (Å²) in [5.74, 6) is 0.808. The van der Waals surface area contributed by atoms with Gasteiger partial charge in [-0.1, -0.05) is 22.4 Å². The Morgan fingerprint density at radius 2 is 2.36 bits per heavy atom. The smallest absolute Gasteiger partial charge is 0.141 e. The standard InChI is InChI=1S/C9H12N4O/c1-7-9(8(2)14-12-7)5-3-4-6-11-13-10/h3,5H,4,6H2,1-2H3. The molecule has 0 spiro atoms. The molecule has 5 nitrogen and oxygen atoms in total. The third-order valence-electron chi connectivity index (χ3n) is 1.83. The summed E-state index contributed by atoms with van der Waals surface area (Å²) in [5, 5.41) is 7.25. The summed E-state index contributed by atoms with van der Waals surface area (Å²) in [4.78, 5) is 2.67. The molecule has 0 unspecified atom stereocenters. The van der Waals surface area contributed by atoms with E-state index in [1.807, 2.05) is 26.0 Å². The second kappa shape index (κ2) is 5.09. The lowest BCUT2D eigenvalue weighted by Gasteiger charge is -1.88. The summed E-state index contributed by atoms with van der Waals surface area (Å²) < 4.78 is 4.99. The van der Waals surface area contributed by atoms with Crippen LogP contribution in [0.2, 0.25) is 0 Å². The molecular weight excluding hydrogens is 180 g/mol.